The summed E-state index contributed by atoms with van der Waals surface area (Å²) < 4.78 is 5.21. The molecular formula is C10H14N2O3S. The van der Waals surface area contributed by atoms with E-state index in [1.54, 1.807) is 19.9 Å². The van der Waals surface area contributed by atoms with Crippen molar-refractivity contribution in [2.24, 2.45) is 0 Å². The zero-order valence-corrected chi connectivity index (χ0v) is 10.2. The van der Waals surface area contributed by atoms with Gasteiger partial charge in [-0.05, 0) is 26.2 Å². The normalized spacial score (nSPS) is 9.94. The Hall–Kier alpha value is -1.43. The van der Waals surface area contributed by atoms with E-state index >= 15 is 0 Å². The van der Waals surface area contributed by atoms with Gasteiger partial charge in [0.2, 0.25) is 5.91 Å². The molecule has 88 valence electrons. The maximum atomic E-state index is 11.6. The zero-order valence-electron chi connectivity index (χ0n) is 9.42. The molecule has 0 unspecified atom stereocenters. The van der Waals surface area contributed by atoms with Crippen LogP contribution in [-0.4, -0.2) is 23.8 Å². The smallest absolute Gasteiger partial charge is 0.273 e. The number of aryl methyl sites for hydroxylation is 2. The lowest BCUT2D eigenvalue weighted by Crippen LogP contribution is -2.42. The Balaban J connectivity index is 2.53. The second-order valence-corrected chi connectivity index (χ2v) is 4.13. The number of carbonyl (C=O) groups excluding carboxylic acids is 2. The summed E-state index contributed by atoms with van der Waals surface area (Å²) in [6, 6.07) is 1.63. The van der Waals surface area contributed by atoms with Crippen molar-refractivity contribution in [3.63, 3.8) is 0 Å². The molecule has 1 aromatic rings. The third-order valence-electron chi connectivity index (χ3n) is 1.88. The summed E-state index contributed by atoms with van der Waals surface area (Å²) in [5, 5.41) is 0. The van der Waals surface area contributed by atoms with Crippen LogP contribution >= 0.6 is 11.8 Å². The van der Waals surface area contributed by atoms with E-state index in [9.17, 15) is 9.59 Å². The minimum Gasteiger partial charge on any atom is -0.466 e. The lowest BCUT2D eigenvalue weighted by molar-refractivity contribution is -0.119. The first kappa shape index (κ1) is 12.6. The highest BCUT2D eigenvalue weighted by Crippen LogP contribution is 2.12. The second kappa shape index (κ2) is 5.60. The van der Waals surface area contributed by atoms with Crippen LogP contribution in [0.5, 0.6) is 0 Å². The van der Waals surface area contributed by atoms with E-state index in [-0.39, 0.29) is 11.8 Å². The molecule has 1 aromatic heterocycles. The fourth-order valence-electron chi connectivity index (χ4n) is 1.22. The van der Waals surface area contributed by atoms with E-state index in [2.05, 4.69) is 10.9 Å². The van der Waals surface area contributed by atoms with Crippen LogP contribution < -0.4 is 10.9 Å². The second-order valence-electron chi connectivity index (χ2n) is 3.26. The van der Waals surface area contributed by atoms with Gasteiger partial charge < -0.3 is 4.42 Å². The number of rotatable bonds is 3. The van der Waals surface area contributed by atoms with Crippen molar-refractivity contribution in [2.75, 3.05) is 12.0 Å². The molecule has 5 nitrogen and oxygen atoms in total. The molecule has 0 atom stereocenters. The summed E-state index contributed by atoms with van der Waals surface area (Å²) in [6.45, 7) is 3.46. The maximum absolute atomic E-state index is 11.6. The average molecular weight is 242 g/mol. The number of nitrogens with one attached hydrogen (secondary N) is 2. The largest absolute Gasteiger partial charge is 0.466 e. The quantitative estimate of drug-likeness (QED) is 0.776. The number of thioether (sulfide) groups is 1. The average Bonchev–Trinajstić information content (AvgIpc) is 2.55. The van der Waals surface area contributed by atoms with E-state index in [0.717, 1.165) is 0 Å². The number of hydrogen-bond donors (Lipinski definition) is 2. The van der Waals surface area contributed by atoms with E-state index < -0.39 is 0 Å². The van der Waals surface area contributed by atoms with Crippen LogP contribution in [0.3, 0.4) is 0 Å². The fourth-order valence-corrected chi connectivity index (χ4v) is 1.55. The van der Waals surface area contributed by atoms with Crippen LogP contribution in [0.1, 0.15) is 21.9 Å². The highest BCUT2D eigenvalue weighted by Gasteiger charge is 2.13. The molecule has 0 spiro atoms. The zero-order chi connectivity index (χ0) is 12.1. The van der Waals surface area contributed by atoms with E-state index in [0.29, 0.717) is 22.8 Å². The molecule has 1 heterocycles. The van der Waals surface area contributed by atoms with Crippen molar-refractivity contribution >= 4 is 23.6 Å². The van der Waals surface area contributed by atoms with Crippen molar-refractivity contribution < 1.29 is 14.0 Å². The number of amides is 2. The maximum Gasteiger partial charge on any atom is 0.273 e. The van der Waals surface area contributed by atoms with E-state index in [1.807, 2.05) is 6.26 Å². The van der Waals surface area contributed by atoms with Crippen LogP contribution in [0.25, 0.3) is 0 Å². The van der Waals surface area contributed by atoms with Gasteiger partial charge in [-0.3, -0.25) is 20.4 Å². The highest BCUT2D eigenvalue weighted by atomic mass is 32.2. The van der Waals surface area contributed by atoms with Crippen LogP contribution in [0, 0.1) is 13.8 Å². The molecule has 2 amide bonds. The summed E-state index contributed by atoms with van der Waals surface area (Å²) in [5.41, 5.74) is 5.08. The molecule has 0 radical (unpaired) electrons. The SMILES string of the molecule is CSCC(=O)NNC(=O)c1cc(C)oc1C. The van der Waals surface area contributed by atoms with Crippen molar-refractivity contribution in [1.29, 1.82) is 0 Å². The van der Waals surface area contributed by atoms with Crippen LogP contribution in [0.15, 0.2) is 10.5 Å². The first-order valence-corrected chi connectivity index (χ1v) is 6.09. The molecule has 16 heavy (non-hydrogen) atoms. The van der Waals surface area contributed by atoms with Crippen molar-refractivity contribution in [2.45, 2.75) is 13.8 Å². The number of hydrazine groups is 1. The highest BCUT2D eigenvalue weighted by molar-refractivity contribution is 7.99. The molecule has 0 aliphatic carbocycles. The summed E-state index contributed by atoms with van der Waals surface area (Å²) in [7, 11) is 0. The van der Waals surface area contributed by atoms with Gasteiger partial charge in [-0.2, -0.15) is 11.8 Å². The first-order chi connectivity index (χ1) is 7.54. The Morgan fingerprint density at radius 1 is 1.38 bits per heavy atom. The lowest BCUT2D eigenvalue weighted by atomic mass is 10.2. The molecule has 0 aliphatic heterocycles. The molecule has 0 aliphatic rings. The molecule has 0 bridgehead atoms. The van der Waals surface area contributed by atoms with Gasteiger partial charge in [0.05, 0.1) is 11.3 Å². The Kier molecular flexibility index (Phi) is 4.42. The fraction of sp³-hybridized carbons (Fsp3) is 0.400. The predicted octanol–water partition coefficient (Wildman–Crippen LogP) is 1.02. The molecule has 1 rings (SSSR count). The predicted molar refractivity (Wildman–Crippen MR) is 62.2 cm³/mol. The Morgan fingerprint density at radius 3 is 2.56 bits per heavy atom. The lowest BCUT2D eigenvalue weighted by Gasteiger charge is -2.05. The van der Waals surface area contributed by atoms with Crippen molar-refractivity contribution in [3.8, 4) is 0 Å². The van der Waals surface area contributed by atoms with E-state index in [4.69, 9.17) is 4.42 Å². The minimum absolute atomic E-state index is 0.237. The van der Waals surface area contributed by atoms with Crippen LogP contribution in [0.4, 0.5) is 0 Å². The van der Waals surface area contributed by atoms with Gasteiger partial charge in [0.15, 0.2) is 0 Å². The monoisotopic (exact) mass is 242 g/mol. The van der Waals surface area contributed by atoms with Crippen molar-refractivity contribution in [3.05, 3.63) is 23.2 Å². The van der Waals surface area contributed by atoms with Gasteiger partial charge in [0.1, 0.15) is 11.5 Å². The first-order valence-electron chi connectivity index (χ1n) is 4.69. The summed E-state index contributed by atoms with van der Waals surface area (Å²) in [5.74, 6) is 0.902. The molecule has 0 saturated carbocycles. The summed E-state index contributed by atoms with van der Waals surface area (Å²) in [4.78, 5) is 22.7. The Bertz CT molecular complexity index is 401. The van der Waals surface area contributed by atoms with Crippen LogP contribution in [0.2, 0.25) is 0 Å². The molecule has 0 aromatic carbocycles. The Morgan fingerprint density at radius 2 is 2.06 bits per heavy atom. The van der Waals surface area contributed by atoms with Gasteiger partial charge in [-0.1, -0.05) is 0 Å². The molecule has 6 heteroatoms. The molecule has 0 fully saturated rings. The van der Waals surface area contributed by atoms with Crippen LogP contribution in [-0.2, 0) is 4.79 Å². The molecule has 2 N–H and O–H groups in total. The van der Waals surface area contributed by atoms with Gasteiger partial charge in [0, 0.05) is 0 Å². The third kappa shape index (κ3) is 3.30. The summed E-state index contributed by atoms with van der Waals surface area (Å²) >= 11 is 1.38. The minimum atomic E-state index is -0.371. The molecular weight excluding hydrogens is 228 g/mol. The Labute approximate surface area is 97.9 Å². The van der Waals surface area contributed by atoms with Gasteiger partial charge in [-0.25, -0.2) is 0 Å². The van der Waals surface area contributed by atoms with Gasteiger partial charge in [-0.15, -0.1) is 0 Å². The number of furan rings is 1. The van der Waals surface area contributed by atoms with Gasteiger partial charge in [0.25, 0.3) is 5.91 Å². The molecule has 0 saturated heterocycles. The summed E-state index contributed by atoms with van der Waals surface area (Å²) in [6.07, 6.45) is 1.81. The number of hydrogen-bond acceptors (Lipinski definition) is 4. The topological polar surface area (TPSA) is 71.3 Å². The van der Waals surface area contributed by atoms with Crippen molar-refractivity contribution in [1.82, 2.24) is 10.9 Å². The number of carbonyl (C=O) groups is 2. The van der Waals surface area contributed by atoms with Gasteiger partial charge >= 0.3 is 0 Å². The van der Waals surface area contributed by atoms with E-state index in [1.165, 1.54) is 11.8 Å². The third-order valence-corrected chi connectivity index (χ3v) is 2.43. The standard InChI is InChI=1S/C10H14N2O3S/c1-6-4-8(7(2)15-6)10(14)12-11-9(13)5-16-3/h4H,5H2,1-3H3,(H,11,13)(H,12,14).